The van der Waals surface area contributed by atoms with Gasteiger partial charge in [0, 0.05) is 26.4 Å². The minimum Gasteiger partial charge on any atom is -0.507 e. The number of amides is 1. The van der Waals surface area contributed by atoms with Gasteiger partial charge in [-0.1, -0.05) is 94.3 Å². The lowest BCUT2D eigenvalue weighted by Crippen LogP contribution is -2.29. The van der Waals surface area contributed by atoms with Crippen LogP contribution < -0.4 is 4.90 Å². The van der Waals surface area contributed by atoms with Crippen molar-refractivity contribution in [2.45, 2.75) is 16.1 Å². The maximum absolute atomic E-state index is 13.3. The topological polar surface area (TPSA) is 83.4 Å². The Morgan fingerprint density at radius 3 is 2.35 bits per heavy atom. The van der Waals surface area contributed by atoms with Crippen LogP contribution in [-0.2, 0) is 15.3 Å². The fourth-order valence-electron chi connectivity index (χ4n) is 3.88. The standard InChI is InChI=1S/C26H16Cl3N3O3S2/c27-17-9-6-15(7-10-17)22(33)20-21(14-4-2-1-3-5-14)32(24(35)23(20)34)25-30-31-26(37-25)36-13-16-8-11-18(28)12-19(16)29/h1-12,21,33H,13H2/b22-20-. The van der Waals surface area contributed by atoms with Crippen LogP contribution in [0.25, 0.3) is 5.76 Å². The minimum absolute atomic E-state index is 0.0316. The maximum atomic E-state index is 13.3. The van der Waals surface area contributed by atoms with Gasteiger partial charge in [-0.05, 0) is 47.5 Å². The van der Waals surface area contributed by atoms with Crippen LogP contribution >= 0.6 is 57.9 Å². The number of hydrogen-bond donors (Lipinski definition) is 1. The van der Waals surface area contributed by atoms with E-state index in [2.05, 4.69) is 10.2 Å². The van der Waals surface area contributed by atoms with Crippen LogP contribution in [0.4, 0.5) is 5.13 Å². The van der Waals surface area contributed by atoms with Crippen molar-refractivity contribution in [2.75, 3.05) is 4.90 Å². The molecule has 0 spiro atoms. The number of ketones is 1. The maximum Gasteiger partial charge on any atom is 0.301 e. The van der Waals surface area contributed by atoms with Crippen LogP contribution in [0.3, 0.4) is 0 Å². The Bertz CT molecular complexity index is 1530. The summed E-state index contributed by atoms with van der Waals surface area (Å²) in [7, 11) is 0. The molecule has 1 N–H and O–H groups in total. The van der Waals surface area contributed by atoms with E-state index in [1.165, 1.54) is 28.0 Å². The average molecular weight is 589 g/mol. The first-order valence-electron chi connectivity index (χ1n) is 10.9. The van der Waals surface area contributed by atoms with Crippen LogP contribution in [0, 0.1) is 0 Å². The largest absolute Gasteiger partial charge is 0.507 e. The molecule has 1 aromatic heterocycles. The molecule has 1 aliphatic rings. The molecule has 37 heavy (non-hydrogen) atoms. The second-order valence-corrected chi connectivity index (χ2v) is 11.4. The molecule has 1 aliphatic heterocycles. The lowest BCUT2D eigenvalue weighted by Gasteiger charge is -2.22. The van der Waals surface area contributed by atoms with E-state index in [1.807, 2.05) is 12.1 Å². The average Bonchev–Trinajstić information content (AvgIpc) is 3.46. The SMILES string of the molecule is O=C1C(=O)N(c2nnc(SCc3ccc(Cl)cc3Cl)s2)C(c2ccccc2)/C1=C(/O)c1ccc(Cl)cc1. The van der Waals surface area contributed by atoms with Gasteiger partial charge >= 0.3 is 5.91 Å². The Hall–Kier alpha value is -2.88. The van der Waals surface area contributed by atoms with Crippen LogP contribution in [0.5, 0.6) is 0 Å². The Balaban J connectivity index is 1.51. The molecule has 1 atom stereocenters. The highest BCUT2D eigenvalue weighted by Gasteiger charge is 2.48. The van der Waals surface area contributed by atoms with Gasteiger partial charge in [0.05, 0.1) is 11.6 Å². The highest BCUT2D eigenvalue weighted by atomic mass is 35.5. The number of benzene rings is 3. The van der Waals surface area contributed by atoms with E-state index in [9.17, 15) is 14.7 Å². The van der Waals surface area contributed by atoms with E-state index in [-0.39, 0.29) is 16.5 Å². The molecule has 0 aliphatic carbocycles. The molecular formula is C26H16Cl3N3O3S2. The van der Waals surface area contributed by atoms with E-state index in [0.717, 1.165) is 5.56 Å². The number of aromatic nitrogens is 2. The third kappa shape index (κ3) is 5.26. The Morgan fingerprint density at radius 2 is 1.65 bits per heavy atom. The zero-order valence-corrected chi connectivity index (χ0v) is 22.7. The molecule has 0 saturated carbocycles. The zero-order valence-electron chi connectivity index (χ0n) is 18.8. The van der Waals surface area contributed by atoms with Gasteiger partial charge in [-0.3, -0.25) is 14.5 Å². The lowest BCUT2D eigenvalue weighted by molar-refractivity contribution is -0.132. The summed E-state index contributed by atoms with van der Waals surface area (Å²) in [6, 6.07) is 19.8. The van der Waals surface area contributed by atoms with Crippen molar-refractivity contribution in [1.29, 1.82) is 0 Å². The molecule has 4 aromatic rings. The number of aliphatic hydroxyl groups excluding tert-OH is 1. The van der Waals surface area contributed by atoms with Crippen LogP contribution in [0.2, 0.25) is 15.1 Å². The van der Waals surface area contributed by atoms with Crippen molar-refractivity contribution < 1.29 is 14.7 Å². The molecule has 2 heterocycles. The first-order chi connectivity index (χ1) is 17.8. The number of anilines is 1. The first kappa shape index (κ1) is 25.8. The highest BCUT2D eigenvalue weighted by molar-refractivity contribution is 8.00. The van der Waals surface area contributed by atoms with Crippen molar-refractivity contribution in [2.24, 2.45) is 0 Å². The van der Waals surface area contributed by atoms with Crippen molar-refractivity contribution in [1.82, 2.24) is 10.2 Å². The number of Topliss-reactive ketones (excluding diaryl/α,β-unsaturated/α-hetero) is 1. The van der Waals surface area contributed by atoms with Crippen LogP contribution in [-0.4, -0.2) is 27.0 Å². The van der Waals surface area contributed by atoms with Crippen molar-refractivity contribution in [3.63, 3.8) is 0 Å². The van der Waals surface area contributed by atoms with Crippen LogP contribution in [0.1, 0.15) is 22.7 Å². The van der Waals surface area contributed by atoms with E-state index < -0.39 is 17.7 Å². The lowest BCUT2D eigenvalue weighted by atomic mass is 9.95. The Labute approximate surface area is 235 Å². The fraction of sp³-hybridized carbons (Fsp3) is 0.0769. The minimum atomic E-state index is -0.881. The number of aliphatic hydroxyl groups is 1. The van der Waals surface area contributed by atoms with Gasteiger partial charge in [-0.25, -0.2) is 0 Å². The molecule has 1 unspecified atom stereocenters. The summed E-state index contributed by atoms with van der Waals surface area (Å²) in [4.78, 5) is 27.8. The molecule has 1 saturated heterocycles. The van der Waals surface area contributed by atoms with E-state index in [4.69, 9.17) is 34.8 Å². The second-order valence-electron chi connectivity index (χ2n) is 7.96. The zero-order chi connectivity index (χ0) is 26.1. The van der Waals surface area contributed by atoms with Gasteiger partial charge in [0.25, 0.3) is 5.78 Å². The van der Waals surface area contributed by atoms with E-state index in [0.29, 0.717) is 36.3 Å². The third-order valence-electron chi connectivity index (χ3n) is 5.65. The quantitative estimate of drug-likeness (QED) is 0.0830. The summed E-state index contributed by atoms with van der Waals surface area (Å²) in [6.07, 6.45) is 0. The summed E-state index contributed by atoms with van der Waals surface area (Å²) < 4.78 is 0.590. The van der Waals surface area contributed by atoms with Crippen LogP contribution in [0.15, 0.2) is 82.7 Å². The molecule has 0 bridgehead atoms. The summed E-state index contributed by atoms with van der Waals surface area (Å²) in [5.74, 6) is -1.37. The van der Waals surface area contributed by atoms with Gasteiger partial charge in [0.1, 0.15) is 5.76 Å². The van der Waals surface area contributed by atoms with Gasteiger partial charge in [-0.2, -0.15) is 0 Å². The van der Waals surface area contributed by atoms with Gasteiger partial charge < -0.3 is 5.11 Å². The first-order valence-corrected chi connectivity index (χ1v) is 13.8. The van der Waals surface area contributed by atoms with Gasteiger partial charge in [0.2, 0.25) is 5.13 Å². The molecule has 5 rings (SSSR count). The second kappa shape index (κ2) is 10.8. The number of hydrogen-bond acceptors (Lipinski definition) is 7. The summed E-state index contributed by atoms with van der Waals surface area (Å²) in [5, 5.41) is 21.4. The number of carbonyl (C=O) groups excluding carboxylic acids is 2. The number of nitrogens with zero attached hydrogens (tertiary/aromatic N) is 3. The number of halogens is 3. The molecule has 186 valence electrons. The third-order valence-corrected chi connectivity index (χ3v) is 8.59. The van der Waals surface area contributed by atoms with Crippen molar-refractivity contribution in [3.05, 3.63) is 110 Å². The number of thioether (sulfide) groups is 1. The molecule has 1 fully saturated rings. The molecule has 3 aromatic carbocycles. The summed E-state index contributed by atoms with van der Waals surface area (Å²) in [6.45, 7) is 0. The van der Waals surface area contributed by atoms with E-state index in [1.54, 1.807) is 60.7 Å². The fourth-order valence-corrected chi connectivity index (χ4v) is 6.43. The Morgan fingerprint density at radius 1 is 0.946 bits per heavy atom. The predicted molar refractivity (Wildman–Crippen MR) is 149 cm³/mol. The molecule has 1 amide bonds. The molecule has 0 radical (unpaired) electrons. The van der Waals surface area contributed by atoms with E-state index >= 15 is 0 Å². The summed E-state index contributed by atoms with van der Waals surface area (Å²) >= 11 is 20.8. The number of rotatable bonds is 6. The Kier molecular flexibility index (Phi) is 7.55. The number of carbonyl (C=O) groups is 2. The van der Waals surface area contributed by atoms with Crippen molar-refractivity contribution >= 4 is 80.5 Å². The molecule has 11 heteroatoms. The monoisotopic (exact) mass is 587 g/mol. The van der Waals surface area contributed by atoms with Gasteiger partial charge in [0.15, 0.2) is 4.34 Å². The highest BCUT2D eigenvalue weighted by Crippen LogP contribution is 2.44. The normalized spacial score (nSPS) is 16.9. The van der Waals surface area contributed by atoms with Gasteiger partial charge in [-0.15, -0.1) is 10.2 Å². The molecular weight excluding hydrogens is 573 g/mol. The van der Waals surface area contributed by atoms with Crippen molar-refractivity contribution in [3.8, 4) is 0 Å². The predicted octanol–water partition coefficient (Wildman–Crippen LogP) is 7.42. The smallest absolute Gasteiger partial charge is 0.301 e. The molecule has 6 nitrogen and oxygen atoms in total. The summed E-state index contributed by atoms with van der Waals surface area (Å²) in [5.41, 5.74) is 1.86.